The zero-order valence-electron chi connectivity index (χ0n) is 17.2. The van der Waals surface area contributed by atoms with Gasteiger partial charge in [-0.1, -0.05) is 23.7 Å². The number of carbonyl (C=O) groups is 1. The first-order valence-electron chi connectivity index (χ1n) is 9.60. The lowest BCUT2D eigenvalue weighted by molar-refractivity contribution is 0.262. The highest BCUT2D eigenvalue weighted by molar-refractivity contribution is 6.31. The van der Waals surface area contributed by atoms with Gasteiger partial charge in [-0.3, -0.25) is 5.32 Å². The zero-order valence-corrected chi connectivity index (χ0v) is 17.9. The molecule has 1 aromatic heterocycles. The molecule has 0 fully saturated rings. The molecule has 10 heteroatoms. The molecule has 2 amide bonds. The molecule has 0 spiro atoms. The van der Waals surface area contributed by atoms with Crippen LogP contribution in [0.1, 0.15) is 16.8 Å². The van der Waals surface area contributed by atoms with Crippen LogP contribution in [0, 0.1) is 17.1 Å². The van der Waals surface area contributed by atoms with E-state index in [-0.39, 0.29) is 17.3 Å². The molecule has 164 valence electrons. The number of carbonyl (C=O) groups excluding carboxylic acids is 1. The second-order valence-electron chi connectivity index (χ2n) is 6.68. The summed E-state index contributed by atoms with van der Waals surface area (Å²) >= 11 is 6.39. The van der Waals surface area contributed by atoms with E-state index in [1.54, 1.807) is 18.2 Å². The molecule has 8 nitrogen and oxygen atoms in total. The van der Waals surface area contributed by atoms with Gasteiger partial charge in [0.15, 0.2) is 11.5 Å². The maximum absolute atomic E-state index is 13.2. The van der Waals surface area contributed by atoms with E-state index >= 15 is 0 Å². The van der Waals surface area contributed by atoms with Gasteiger partial charge in [0.25, 0.3) is 0 Å². The molecular formula is C22H20ClFN6O2. The van der Waals surface area contributed by atoms with Crippen LogP contribution >= 0.6 is 11.6 Å². The highest BCUT2D eigenvalue weighted by Gasteiger charge is 2.13. The van der Waals surface area contributed by atoms with Crippen LogP contribution in [0.15, 0.2) is 48.8 Å². The molecule has 0 unspecified atom stereocenters. The van der Waals surface area contributed by atoms with Crippen molar-refractivity contribution in [3.05, 3.63) is 76.5 Å². The molecule has 0 saturated heterocycles. The third-order valence-corrected chi connectivity index (χ3v) is 4.77. The predicted molar refractivity (Wildman–Crippen MR) is 119 cm³/mol. The van der Waals surface area contributed by atoms with Gasteiger partial charge < -0.3 is 15.4 Å². The van der Waals surface area contributed by atoms with Gasteiger partial charge in [-0.25, -0.2) is 19.2 Å². The first-order valence-corrected chi connectivity index (χ1v) is 9.98. The molecule has 3 aromatic rings. The van der Waals surface area contributed by atoms with E-state index in [1.807, 2.05) is 12.1 Å². The Kier molecular flexibility index (Phi) is 7.91. The van der Waals surface area contributed by atoms with Crippen LogP contribution in [0.5, 0.6) is 5.75 Å². The summed E-state index contributed by atoms with van der Waals surface area (Å²) in [5, 5.41) is 17.6. The predicted octanol–water partition coefficient (Wildman–Crippen LogP) is 4.13. The van der Waals surface area contributed by atoms with E-state index in [4.69, 9.17) is 21.6 Å². The first kappa shape index (κ1) is 22.9. The lowest BCUT2D eigenvalue weighted by Gasteiger charge is -2.14. The quantitative estimate of drug-likeness (QED) is 0.441. The lowest BCUT2D eigenvalue weighted by Crippen LogP contribution is -2.21. The normalized spacial score (nSPS) is 10.3. The highest BCUT2D eigenvalue weighted by atomic mass is 35.5. The minimum Gasteiger partial charge on any atom is -0.495 e. The number of hydrogen-bond acceptors (Lipinski definition) is 6. The maximum Gasteiger partial charge on any atom is 0.325 e. The van der Waals surface area contributed by atoms with Crippen LogP contribution < -0.4 is 20.7 Å². The second kappa shape index (κ2) is 11.0. The average molecular weight is 455 g/mol. The van der Waals surface area contributed by atoms with Gasteiger partial charge >= 0.3 is 6.03 Å². The molecule has 0 aliphatic heterocycles. The van der Waals surface area contributed by atoms with E-state index < -0.39 is 6.03 Å². The van der Waals surface area contributed by atoms with Gasteiger partial charge in [-0.15, -0.1) is 0 Å². The molecule has 0 saturated carbocycles. The molecule has 1 heterocycles. The number of halogens is 2. The fourth-order valence-electron chi connectivity index (χ4n) is 2.88. The Bertz CT molecular complexity index is 1130. The Hall–Kier alpha value is -3.74. The highest BCUT2D eigenvalue weighted by Crippen LogP contribution is 2.31. The number of benzene rings is 2. The summed E-state index contributed by atoms with van der Waals surface area (Å²) in [5.74, 6) is 0.360. The molecule has 0 aliphatic rings. The molecule has 0 aliphatic carbocycles. The number of ether oxygens (including phenoxy) is 1. The van der Waals surface area contributed by atoms with Crippen molar-refractivity contribution in [1.29, 1.82) is 5.26 Å². The van der Waals surface area contributed by atoms with Crippen molar-refractivity contribution in [3.63, 3.8) is 0 Å². The van der Waals surface area contributed by atoms with Crippen molar-refractivity contribution in [1.82, 2.24) is 15.3 Å². The largest absolute Gasteiger partial charge is 0.495 e. The van der Waals surface area contributed by atoms with Gasteiger partial charge in [0.2, 0.25) is 0 Å². The number of nitrogens with zero attached hydrogens (tertiary/aromatic N) is 3. The van der Waals surface area contributed by atoms with Crippen LogP contribution in [0.4, 0.5) is 20.7 Å². The number of hydrogen-bond donors (Lipinski definition) is 3. The summed E-state index contributed by atoms with van der Waals surface area (Å²) in [6.45, 7) is 1.15. The molecule has 0 bridgehead atoms. The van der Waals surface area contributed by atoms with Crippen molar-refractivity contribution in [3.8, 4) is 11.8 Å². The third-order valence-electron chi connectivity index (χ3n) is 4.41. The monoisotopic (exact) mass is 454 g/mol. The summed E-state index contributed by atoms with van der Waals surface area (Å²) in [6, 6.07) is 11.0. The third kappa shape index (κ3) is 6.38. The van der Waals surface area contributed by atoms with Crippen molar-refractivity contribution in [2.24, 2.45) is 0 Å². The Morgan fingerprint density at radius 1 is 1.22 bits per heavy atom. The van der Waals surface area contributed by atoms with E-state index in [2.05, 4.69) is 25.9 Å². The van der Waals surface area contributed by atoms with Gasteiger partial charge in [0.05, 0.1) is 25.2 Å². The van der Waals surface area contributed by atoms with Crippen LogP contribution in [0.25, 0.3) is 0 Å². The number of anilines is 2. The minimum absolute atomic E-state index is 0.144. The Balaban J connectivity index is 1.58. The lowest BCUT2D eigenvalue weighted by atomic mass is 10.1. The summed E-state index contributed by atoms with van der Waals surface area (Å²) in [4.78, 5) is 20.1. The Morgan fingerprint density at radius 2 is 2.06 bits per heavy atom. The topological polar surface area (TPSA) is 112 Å². The standard InChI is InChI=1S/C22H20ClFN6O2/c1-32-20-8-15(5-6-26-11-14-3-2-4-16(24)7-14)18(23)9-19(20)29-22(31)30-21-13-27-17(10-25)12-28-21/h2-4,7-9,12-13,26H,5-6,11H2,1H3,(H2,28,29,30,31). The summed E-state index contributed by atoms with van der Waals surface area (Å²) in [5.41, 5.74) is 2.21. The van der Waals surface area contributed by atoms with Gasteiger partial charge in [0, 0.05) is 11.6 Å². The molecule has 0 radical (unpaired) electrons. The molecular weight excluding hydrogens is 435 g/mol. The second-order valence-corrected chi connectivity index (χ2v) is 7.09. The van der Waals surface area contributed by atoms with Crippen LogP contribution in [0.3, 0.4) is 0 Å². The summed E-state index contributed by atoms with van der Waals surface area (Å²) in [7, 11) is 1.49. The van der Waals surface area contributed by atoms with Gasteiger partial charge in [0.1, 0.15) is 17.6 Å². The number of nitriles is 1. The van der Waals surface area contributed by atoms with E-state index in [0.717, 1.165) is 11.1 Å². The van der Waals surface area contributed by atoms with Gasteiger partial charge in [-0.05, 0) is 48.4 Å². The number of nitrogens with one attached hydrogen (secondary N) is 3. The molecule has 2 aromatic carbocycles. The van der Waals surface area contributed by atoms with Crippen molar-refractivity contribution >= 4 is 29.1 Å². The van der Waals surface area contributed by atoms with Crippen LogP contribution in [-0.2, 0) is 13.0 Å². The Labute approximate surface area is 189 Å². The smallest absolute Gasteiger partial charge is 0.325 e. The fourth-order valence-corrected chi connectivity index (χ4v) is 3.13. The van der Waals surface area contributed by atoms with Gasteiger partial charge in [-0.2, -0.15) is 5.26 Å². The first-order chi connectivity index (χ1) is 15.5. The van der Waals surface area contributed by atoms with E-state index in [0.29, 0.717) is 36.0 Å². The molecule has 32 heavy (non-hydrogen) atoms. The average Bonchev–Trinajstić information content (AvgIpc) is 2.78. The van der Waals surface area contributed by atoms with Crippen molar-refractivity contribution in [2.45, 2.75) is 13.0 Å². The number of methoxy groups -OCH3 is 1. The molecule has 3 rings (SSSR count). The zero-order chi connectivity index (χ0) is 22.9. The summed E-state index contributed by atoms with van der Waals surface area (Å²) < 4.78 is 18.6. The minimum atomic E-state index is -0.567. The molecule has 0 atom stereocenters. The molecule has 3 N–H and O–H groups in total. The SMILES string of the molecule is COc1cc(CCNCc2cccc(F)c2)c(Cl)cc1NC(=O)Nc1cnc(C#N)cn1. The van der Waals surface area contributed by atoms with E-state index in [1.165, 1.54) is 31.6 Å². The van der Waals surface area contributed by atoms with Crippen molar-refractivity contribution < 1.29 is 13.9 Å². The fraction of sp³-hybridized carbons (Fsp3) is 0.182. The number of urea groups is 1. The van der Waals surface area contributed by atoms with Crippen molar-refractivity contribution in [2.75, 3.05) is 24.3 Å². The number of amides is 2. The number of aromatic nitrogens is 2. The number of rotatable bonds is 8. The maximum atomic E-state index is 13.2. The van der Waals surface area contributed by atoms with Crippen LogP contribution in [-0.4, -0.2) is 29.7 Å². The van der Waals surface area contributed by atoms with E-state index in [9.17, 15) is 9.18 Å². The Morgan fingerprint density at radius 3 is 2.75 bits per heavy atom. The van der Waals surface area contributed by atoms with Crippen LogP contribution in [0.2, 0.25) is 5.02 Å². The summed E-state index contributed by atoms with van der Waals surface area (Å²) in [6.07, 6.45) is 3.14.